The first-order chi connectivity index (χ1) is 8.86. The minimum Gasteiger partial charge on any atom is -0.480 e. The number of carboxylic acid groups (broad SMARTS) is 1. The van der Waals surface area contributed by atoms with Gasteiger partial charge in [-0.15, -0.1) is 0 Å². The van der Waals surface area contributed by atoms with Crippen LogP contribution < -0.4 is 4.74 Å². The van der Waals surface area contributed by atoms with E-state index in [-0.39, 0.29) is 18.0 Å². The van der Waals surface area contributed by atoms with E-state index in [1.54, 1.807) is 19.1 Å². The van der Waals surface area contributed by atoms with Crippen molar-refractivity contribution in [2.45, 2.75) is 26.3 Å². The van der Waals surface area contributed by atoms with Crippen LogP contribution in [0.1, 0.15) is 31.1 Å². The third-order valence-corrected chi connectivity index (χ3v) is 2.95. The van der Waals surface area contributed by atoms with Crippen molar-refractivity contribution in [3.8, 4) is 5.88 Å². The molecule has 1 heterocycles. The Balaban J connectivity index is 3.20. The normalized spacial score (nSPS) is 10.9. The number of aromatic nitrogens is 1. The number of carboxylic acids is 1. The Kier molecular flexibility index (Phi) is 4.47. The molecule has 0 radical (unpaired) electrons. The highest BCUT2D eigenvalue weighted by Gasteiger charge is 2.38. The second kappa shape index (κ2) is 5.69. The van der Waals surface area contributed by atoms with Crippen molar-refractivity contribution in [2.75, 3.05) is 13.7 Å². The molecule has 0 saturated heterocycles. The van der Waals surface area contributed by atoms with Gasteiger partial charge in [0.25, 0.3) is 5.91 Å². The number of ether oxygens (including phenoxy) is 1. The van der Waals surface area contributed by atoms with Crippen molar-refractivity contribution in [1.29, 1.82) is 0 Å². The quantitative estimate of drug-likeness (QED) is 0.871. The van der Waals surface area contributed by atoms with Crippen molar-refractivity contribution in [2.24, 2.45) is 0 Å². The lowest BCUT2D eigenvalue weighted by atomic mass is 10.0. The smallest absolute Gasteiger partial charge is 0.329 e. The molecule has 1 rings (SSSR count). The molecule has 0 aromatic carbocycles. The highest BCUT2D eigenvalue weighted by molar-refractivity contribution is 5.99. The van der Waals surface area contributed by atoms with Gasteiger partial charge in [0.15, 0.2) is 0 Å². The standard InChI is InChI=1S/C13H18N2O4/c1-5-15(13(2,3)12(17)18)11(16)9-7-6-8-14-10(9)19-4/h6-8H,5H2,1-4H3,(H,17,18). The molecule has 0 atom stereocenters. The number of nitrogens with zero attached hydrogens (tertiary/aromatic N) is 2. The summed E-state index contributed by atoms with van der Waals surface area (Å²) in [5, 5.41) is 9.22. The molecular weight excluding hydrogens is 248 g/mol. The maximum Gasteiger partial charge on any atom is 0.329 e. The highest BCUT2D eigenvalue weighted by Crippen LogP contribution is 2.22. The lowest BCUT2D eigenvalue weighted by Gasteiger charge is -2.34. The first kappa shape index (κ1) is 14.9. The molecule has 0 fully saturated rings. The molecule has 0 aliphatic carbocycles. The number of aliphatic carboxylic acids is 1. The third kappa shape index (κ3) is 2.83. The molecule has 1 amide bonds. The van der Waals surface area contributed by atoms with Crippen LogP contribution in [0.25, 0.3) is 0 Å². The Bertz CT molecular complexity index is 485. The zero-order chi connectivity index (χ0) is 14.6. The third-order valence-electron chi connectivity index (χ3n) is 2.95. The molecular formula is C13H18N2O4. The van der Waals surface area contributed by atoms with Crippen LogP contribution in [0.4, 0.5) is 0 Å². The molecule has 6 nitrogen and oxygen atoms in total. The Morgan fingerprint density at radius 3 is 2.58 bits per heavy atom. The van der Waals surface area contributed by atoms with Gasteiger partial charge in [-0.3, -0.25) is 4.79 Å². The van der Waals surface area contributed by atoms with E-state index >= 15 is 0 Å². The highest BCUT2D eigenvalue weighted by atomic mass is 16.5. The van der Waals surface area contributed by atoms with Gasteiger partial charge >= 0.3 is 5.97 Å². The summed E-state index contributed by atoms with van der Waals surface area (Å²) in [5.41, 5.74) is -1.05. The molecule has 0 saturated carbocycles. The number of pyridine rings is 1. The van der Waals surface area contributed by atoms with Crippen LogP contribution >= 0.6 is 0 Å². The lowest BCUT2D eigenvalue weighted by Crippen LogP contribution is -2.53. The van der Waals surface area contributed by atoms with E-state index in [9.17, 15) is 14.7 Å². The lowest BCUT2D eigenvalue weighted by molar-refractivity contribution is -0.147. The second-order valence-electron chi connectivity index (χ2n) is 4.47. The van der Waals surface area contributed by atoms with Crippen LogP contribution in [0.15, 0.2) is 18.3 Å². The van der Waals surface area contributed by atoms with Gasteiger partial charge in [0.2, 0.25) is 5.88 Å². The fraction of sp³-hybridized carbons (Fsp3) is 0.462. The number of rotatable bonds is 5. The van der Waals surface area contributed by atoms with E-state index in [0.29, 0.717) is 0 Å². The van der Waals surface area contributed by atoms with Crippen LogP contribution in [0, 0.1) is 0 Å². The van der Waals surface area contributed by atoms with E-state index in [1.807, 2.05) is 0 Å². The van der Waals surface area contributed by atoms with Gasteiger partial charge in [0, 0.05) is 12.7 Å². The van der Waals surface area contributed by atoms with E-state index in [0.717, 1.165) is 0 Å². The van der Waals surface area contributed by atoms with Crippen LogP contribution in [-0.2, 0) is 4.79 Å². The van der Waals surface area contributed by atoms with Gasteiger partial charge in [0.1, 0.15) is 11.1 Å². The molecule has 6 heteroatoms. The van der Waals surface area contributed by atoms with Crippen LogP contribution in [0.3, 0.4) is 0 Å². The van der Waals surface area contributed by atoms with Gasteiger partial charge < -0.3 is 14.7 Å². The molecule has 0 aliphatic rings. The first-order valence-electron chi connectivity index (χ1n) is 5.90. The Morgan fingerprint density at radius 1 is 1.47 bits per heavy atom. The van der Waals surface area contributed by atoms with Crippen LogP contribution in [0.5, 0.6) is 5.88 Å². The summed E-state index contributed by atoms with van der Waals surface area (Å²) >= 11 is 0. The van der Waals surface area contributed by atoms with Gasteiger partial charge in [-0.05, 0) is 32.9 Å². The van der Waals surface area contributed by atoms with Crippen molar-refractivity contribution in [1.82, 2.24) is 9.88 Å². The predicted octanol–water partition coefficient (Wildman–Crippen LogP) is 1.42. The minimum atomic E-state index is -1.30. The summed E-state index contributed by atoms with van der Waals surface area (Å²) in [5.74, 6) is -1.29. The average molecular weight is 266 g/mol. The van der Waals surface area contributed by atoms with Crippen molar-refractivity contribution < 1.29 is 19.4 Å². The van der Waals surface area contributed by atoms with Gasteiger partial charge in [-0.2, -0.15) is 0 Å². The zero-order valence-electron chi connectivity index (χ0n) is 11.5. The van der Waals surface area contributed by atoms with Gasteiger partial charge in [0.05, 0.1) is 7.11 Å². The van der Waals surface area contributed by atoms with Gasteiger partial charge in [-0.1, -0.05) is 0 Å². The summed E-state index contributed by atoms with van der Waals surface area (Å²) in [6, 6.07) is 3.17. The summed E-state index contributed by atoms with van der Waals surface area (Å²) in [6.45, 7) is 4.97. The molecule has 1 aromatic heterocycles. The molecule has 19 heavy (non-hydrogen) atoms. The first-order valence-corrected chi connectivity index (χ1v) is 5.90. The molecule has 0 spiro atoms. The number of carbonyl (C=O) groups excluding carboxylic acids is 1. The molecule has 1 aromatic rings. The topological polar surface area (TPSA) is 79.7 Å². The number of amides is 1. The molecule has 104 valence electrons. The van der Waals surface area contributed by atoms with E-state index in [1.165, 1.54) is 32.1 Å². The fourth-order valence-corrected chi connectivity index (χ4v) is 1.77. The largest absolute Gasteiger partial charge is 0.480 e. The van der Waals surface area contributed by atoms with Crippen molar-refractivity contribution in [3.63, 3.8) is 0 Å². The maximum absolute atomic E-state index is 12.4. The summed E-state index contributed by atoms with van der Waals surface area (Å²) < 4.78 is 5.03. The van der Waals surface area contributed by atoms with Crippen LogP contribution in [0.2, 0.25) is 0 Å². The van der Waals surface area contributed by atoms with Crippen LogP contribution in [-0.4, -0.2) is 46.1 Å². The molecule has 1 N–H and O–H groups in total. The van der Waals surface area contributed by atoms with E-state index in [4.69, 9.17) is 4.74 Å². The van der Waals surface area contributed by atoms with Gasteiger partial charge in [-0.25, -0.2) is 9.78 Å². The number of hydrogen-bond donors (Lipinski definition) is 1. The Labute approximate surface area is 112 Å². The SMILES string of the molecule is CCN(C(=O)c1cccnc1OC)C(C)(C)C(=O)O. The van der Waals surface area contributed by atoms with Crippen molar-refractivity contribution in [3.05, 3.63) is 23.9 Å². The summed E-state index contributed by atoms with van der Waals surface area (Å²) in [4.78, 5) is 28.9. The van der Waals surface area contributed by atoms with Crippen molar-refractivity contribution >= 4 is 11.9 Å². The predicted molar refractivity (Wildman–Crippen MR) is 69.2 cm³/mol. The Morgan fingerprint density at radius 2 is 2.11 bits per heavy atom. The Hall–Kier alpha value is -2.11. The molecule has 0 aliphatic heterocycles. The minimum absolute atomic E-state index is 0.187. The summed E-state index contributed by atoms with van der Waals surface area (Å²) in [7, 11) is 1.41. The van der Waals surface area contributed by atoms with E-state index < -0.39 is 17.4 Å². The number of hydrogen-bond acceptors (Lipinski definition) is 4. The average Bonchev–Trinajstić information content (AvgIpc) is 2.38. The fourth-order valence-electron chi connectivity index (χ4n) is 1.77. The zero-order valence-corrected chi connectivity index (χ0v) is 11.5. The number of methoxy groups -OCH3 is 1. The second-order valence-corrected chi connectivity index (χ2v) is 4.47. The summed E-state index contributed by atoms with van der Waals surface area (Å²) in [6.07, 6.45) is 1.51. The monoisotopic (exact) mass is 266 g/mol. The number of likely N-dealkylation sites (N-methyl/N-ethyl adjacent to an activating group) is 1. The maximum atomic E-state index is 12.4. The molecule has 0 unspecified atom stereocenters. The molecule has 0 bridgehead atoms. The number of carbonyl (C=O) groups is 2. The van der Waals surface area contributed by atoms with E-state index in [2.05, 4.69) is 4.98 Å².